The van der Waals surface area contributed by atoms with Crippen LogP contribution < -0.4 is 0 Å². The number of hydrogen-bond acceptors (Lipinski definition) is 2. The first-order valence-electron chi connectivity index (χ1n) is 5.41. The summed E-state index contributed by atoms with van der Waals surface area (Å²) in [6.45, 7) is 4.27. The number of nitrogens with zero attached hydrogens (tertiary/aromatic N) is 1. The highest BCUT2D eigenvalue weighted by atomic mass is 16.1. The zero-order valence-corrected chi connectivity index (χ0v) is 9.21. The van der Waals surface area contributed by atoms with Crippen molar-refractivity contribution >= 4 is 6.08 Å². The van der Waals surface area contributed by atoms with Gasteiger partial charge in [-0.15, -0.1) is 0 Å². The second-order valence-electron chi connectivity index (χ2n) is 4.23. The van der Waals surface area contributed by atoms with Crippen LogP contribution in [-0.4, -0.2) is 6.08 Å². The number of rotatable bonds is 3. The van der Waals surface area contributed by atoms with Crippen LogP contribution in [0.2, 0.25) is 0 Å². The van der Waals surface area contributed by atoms with E-state index in [1.807, 2.05) is 0 Å². The minimum Gasteiger partial charge on any atom is -0.211 e. The molecule has 1 aromatic carbocycles. The van der Waals surface area contributed by atoms with Crippen molar-refractivity contribution in [2.24, 2.45) is 4.99 Å². The molecule has 0 amide bonds. The molecule has 0 spiro atoms. The predicted octanol–water partition coefficient (Wildman–Crippen LogP) is 2.88. The van der Waals surface area contributed by atoms with Gasteiger partial charge in [0.15, 0.2) is 0 Å². The van der Waals surface area contributed by atoms with Crippen molar-refractivity contribution in [3.05, 3.63) is 34.9 Å². The van der Waals surface area contributed by atoms with Crippen molar-refractivity contribution in [2.45, 2.75) is 38.6 Å². The third-order valence-electron chi connectivity index (χ3n) is 3.24. The topological polar surface area (TPSA) is 29.4 Å². The van der Waals surface area contributed by atoms with E-state index in [0.29, 0.717) is 0 Å². The van der Waals surface area contributed by atoms with Gasteiger partial charge in [0.1, 0.15) is 0 Å². The Balaban J connectivity index is 2.38. The van der Waals surface area contributed by atoms with Gasteiger partial charge < -0.3 is 0 Å². The molecule has 0 N–H and O–H groups in total. The van der Waals surface area contributed by atoms with E-state index in [2.05, 4.69) is 37.0 Å². The zero-order chi connectivity index (χ0) is 10.9. The van der Waals surface area contributed by atoms with Crippen LogP contribution in [0, 0.1) is 6.92 Å². The molecular weight excluding hydrogens is 186 g/mol. The predicted molar refractivity (Wildman–Crippen MR) is 59.6 cm³/mol. The van der Waals surface area contributed by atoms with Crippen LogP contribution >= 0.6 is 0 Å². The largest absolute Gasteiger partial charge is 0.235 e. The monoisotopic (exact) mass is 201 g/mol. The number of isocyanates is 1. The van der Waals surface area contributed by atoms with Gasteiger partial charge in [0.05, 0.1) is 5.54 Å². The van der Waals surface area contributed by atoms with Gasteiger partial charge in [-0.2, -0.15) is 4.99 Å². The van der Waals surface area contributed by atoms with E-state index in [4.69, 9.17) is 0 Å². The molecule has 1 saturated carbocycles. The Morgan fingerprint density at radius 2 is 2.20 bits per heavy atom. The molecule has 0 aliphatic heterocycles. The number of hydrogen-bond donors (Lipinski definition) is 0. The molecule has 2 nitrogen and oxygen atoms in total. The molecule has 1 aromatic rings. The molecule has 0 aromatic heterocycles. The summed E-state index contributed by atoms with van der Waals surface area (Å²) >= 11 is 0. The average molecular weight is 201 g/mol. The third-order valence-corrected chi connectivity index (χ3v) is 3.24. The lowest BCUT2D eigenvalue weighted by Crippen LogP contribution is -2.03. The SMILES string of the molecule is CCc1ccc(C2(N=C=O)CC2)cc1C. The first kappa shape index (κ1) is 10.1. The van der Waals surface area contributed by atoms with Gasteiger partial charge in [0, 0.05) is 0 Å². The van der Waals surface area contributed by atoms with E-state index in [0.717, 1.165) is 19.3 Å². The Morgan fingerprint density at radius 1 is 1.47 bits per heavy atom. The van der Waals surface area contributed by atoms with Crippen LogP contribution in [0.4, 0.5) is 0 Å². The Bertz CT molecular complexity index is 426. The Morgan fingerprint density at radius 3 is 2.67 bits per heavy atom. The molecule has 1 aliphatic rings. The summed E-state index contributed by atoms with van der Waals surface area (Å²) in [5.74, 6) is 0. The van der Waals surface area contributed by atoms with Gasteiger partial charge in [-0.05, 0) is 42.9 Å². The Labute approximate surface area is 90.0 Å². The number of carbonyl (C=O) groups excluding carboxylic acids is 1. The lowest BCUT2D eigenvalue weighted by Gasteiger charge is -2.11. The quantitative estimate of drug-likeness (QED) is 0.546. The van der Waals surface area contributed by atoms with Gasteiger partial charge in [0.25, 0.3) is 0 Å². The molecule has 78 valence electrons. The standard InChI is InChI=1S/C13H15NO/c1-3-11-4-5-12(8-10(11)2)13(6-7-13)14-9-15/h4-5,8H,3,6-7H2,1-2H3. The van der Waals surface area contributed by atoms with E-state index >= 15 is 0 Å². The maximum atomic E-state index is 10.4. The summed E-state index contributed by atoms with van der Waals surface area (Å²) in [6.07, 6.45) is 4.70. The van der Waals surface area contributed by atoms with Crippen LogP contribution in [0.1, 0.15) is 36.5 Å². The number of benzene rings is 1. The fourth-order valence-corrected chi connectivity index (χ4v) is 2.05. The molecule has 1 aliphatic carbocycles. The van der Waals surface area contributed by atoms with Crippen molar-refractivity contribution in [1.29, 1.82) is 0 Å². The molecule has 0 heterocycles. The Kier molecular flexibility index (Phi) is 2.45. The third kappa shape index (κ3) is 1.73. The summed E-state index contributed by atoms with van der Waals surface area (Å²) < 4.78 is 0. The highest BCUT2D eigenvalue weighted by molar-refractivity contribution is 5.43. The molecule has 0 saturated heterocycles. The lowest BCUT2D eigenvalue weighted by atomic mass is 9.98. The van der Waals surface area contributed by atoms with Crippen LogP contribution in [0.5, 0.6) is 0 Å². The average Bonchev–Trinajstić information content (AvgIpc) is 2.99. The van der Waals surface area contributed by atoms with Crippen LogP contribution in [-0.2, 0) is 16.8 Å². The van der Waals surface area contributed by atoms with Gasteiger partial charge in [-0.25, -0.2) is 4.79 Å². The second-order valence-corrected chi connectivity index (χ2v) is 4.23. The molecule has 0 atom stereocenters. The maximum absolute atomic E-state index is 10.4. The van der Waals surface area contributed by atoms with E-state index in [-0.39, 0.29) is 5.54 Å². The van der Waals surface area contributed by atoms with Crippen molar-refractivity contribution in [1.82, 2.24) is 0 Å². The summed E-state index contributed by atoms with van der Waals surface area (Å²) in [7, 11) is 0. The minimum atomic E-state index is -0.223. The lowest BCUT2D eigenvalue weighted by molar-refractivity contribution is 0.556. The second kappa shape index (κ2) is 3.63. The van der Waals surface area contributed by atoms with Crippen molar-refractivity contribution < 1.29 is 4.79 Å². The van der Waals surface area contributed by atoms with Crippen molar-refractivity contribution in [2.75, 3.05) is 0 Å². The van der Waals surface area contributed by atoms with Crippen molar-refractivity contribution in [3.63, 3.8) is 0 Å². The summed E-state index contributed by atoms with van der Waals surface area (Å²) in [5, 5.41) is 0. The van der Waals surface area contributed by atoms with Crippen LogP contribution in [0.15, 0.2) is 23.2 Å². The van der Waals surface area contributed by atoms with Gasteiger partial charge in [-0.1, -0.05) is 25.1 Å². The molecule has 0 unspecified atom stereocenters. The maximum Gasteiger partial charge on any atom is 0.235 e. The van der Waals surface area contributed by atoms with Crippen LogP contribution in [0.3, 0.4) is 0 Å². The van der Waals surface area contributed by atoms with E-state index in [1.165, 1.54) is 16.7 Å². The first-order valence-corrected chi connectivity index (χ1v) is 5.41. The molecule has 2 rings (SSSR count). The molecule has 1 fully saturated rings. The molecule has 0 radical (unpaired) electrons. The van der Waals surface area contributed by atoms with Crippen molar-refractivity contribution in [3.8, 4) is 0 Å². The zero-order valence-electron chi connectivity index (χ0n) is 9.21. The van der Waals surface area contributed by atoms with Gasteiger partial charge in [0.2, 0.25) is 6.08 Å². The molecule has 0 bridgehead atoms. The molecular formula is C13H15NO. The van der Waals surface area contributed by atoms with Gasteiger partial charge in [-0.3, -0.25) is 0 Å². The van der Waals surface area contributed by atoms with E-state index < -0.39 is 0 Å². The number of aliphatic imine (C=N–C) groups is 1. The normalized spacial score (nSPS) is 16.9. The summed E-state index contributed by atoms with van der Waals surface area (Å²) in [5.41, 5.74) is 3.60. The van der Waals surface area contributed by atoms with Crippen LogP contribution in [0.25, 0.3) is 0 Å². The summed E-state index contributed by atoms with van der Waals surface area (Å²) in [4.78, 5) is 14.3. The number of aryl methyl sites for hydroxylation is 2. The van der Waals surface area contributed by atoms with E-state index in [1.54, 1.807) is 6.08 Å². The fourth-order valence-electron chi connectivity index (χ4n) is 2.05. The first-order chi connectivity index (χ1) is 7.22. The fraction of sp³-hybridized carbons (Fsp3) is 0.462. The van der Waals surface area contributed by atoms with E-state index in [9.17, 15) is 4.79 Å². The molecule has 2 heteroatoms. The molecule has 15 heavy (non-hydrogen) atoms. The highest BCUT2D eigenvalue weighted by Gasteiger charge is 2.44. The highest BCUT2D eigenvalue weighted by Crippen LogP contribution is 2.49. The minimum absolute atomic E-state index is 0.223. The summed E-state index contributed by atoms with van der Waals surface area (Å²) in [6, 6.07) is 6.40. The smallest absolute Gasteiger partial charge is 0.211 e. The Hall–Kier alpha value is -1.40. The van der Waals surface area contributed by atoms with Gasteiger partial charge >= 0.3 is 0 Å².